The number of likely N-dealkylation sites (N-methyl/N-ethyl adjacent to an activating group) is 1. The summed E-state index contributed by atoms with van der Waals surface area (Å²) in [5.41, 5.74) is 0.979. The Hall–Kier alpha value is -4.82. The van der Waals surface area contributed by atoms with Crippen molar-refractivity contribution in [2.75, 3.05) is 39.5 Å². The SMILES string of the molecule is CNCCc1c(F)c2c(c(OCc3ccccc3)c1NCC(C)C)C(=O)C1=C(O)[C@]3(O[Si](C)(C)C(C)(C)C)C(=O)c4c(OCc5ccccc5)noc4[C@@H](N(C)C)[C@@H]3C[C@@H]1C2. The van der Waals surface area contributed by atoms with Gasteiger partial charge in [-0.2, -0.15) is 0 Å². The molecule has 0 aliphatic heterocycles. The molecule has 4 atom stereocenters. The van der Waals surface area contributed by atoms with Crippen molar-refractivity contribution in [2.45, 2.75) is 96.9 Å². The normalized spacial score (nSPS) is 21.3. The summed E-state index contributed by atoms with van der Waals surface area (Å²) in [5.74, 6) is -2.76. The molecule has 0 bridgehead atoms. The maximum Gasteiger partial charge on any atom is 0.265 e. The number of ether oxygens (including phenoxy) is 2. The molecule has 13 heteroatoms. The first kappa shape index (κ1) is 44.2. The maximum atomic E-state index is 17.4. The lowest BCUT2D eigenvalue weighted by Crippen LogP contribution is -2.65. The van der Waals surface area contributed by atoms with Crippen LogP contribution in [0.5, 0.6) is 11.6 Å². The first-order chi connectivity index (χ1) is 28.9. The van der Waals surface area contributed by atoms with Crippen molar-refractivity contribution in [3.05, 3.63) is 117 Å². The van der Waals surface area contributed by atoms with Gasteiger partial charge in [-0.05, 0) is 93.2 Å². The van der Waals surface area contributed by atoms with E-state index in [2.05, 4.69) is 50.4 Å². The monoisotopic (exact) mass is 852 g/mol. The van der Waals surface area contributed by atoms with Crippen molar-refractivity contribution in [3.8, 4) is 11.6 Å². The molecule has 0 unspecified atom stereocenters. The smallest absolute Gasteiger partial charge is 0.265 e. The van der Waals surface area contributed by atoms with Gasteiger partial charge in [-0.1, -0.05) is 95.3 Å². The Morgan fingerprint density at radius 3 is 2.20 bits per heavy atom. The Balaban J connectivity index is 1.46. The van der Waals surface area contributed by atoms with E-state index in [9.17, 15) is 5.11 Å². The number of nitrogens with zero attached hydrogens (tertiary/aromatic N) is 2. The number of aliphatic hydroxyl groups is 1. The molecule has 3 N–H and O–H groups in total. The number of rotatable bonds is 15. The van der Waals surface area contributed by atoms with E-state index in [1.165, 1.54) is 0 Å². The summed E-state index contributed by atoms with van der Waals surface area (Å²) in [6, 6.07) is 18.5. The number of allylic oxidation sites excluding steroid dienone is 1. The van der Waals surface area contributed by atoms with Crippen molar-refractivity contribution in [1.82, 2.24) is 15.4 Å². The summed E-state index contributed by atoms with van der Waals surface area (Å²) in [6.45, 7) is 15.6. The standard InChI is InChI=1S/C48H61FN4O7Si/c1-28(2)25-51-39-32(21-22-50-6)38(49)33-23-31-24-34-40(53(7)8)43-37(46(52-59-43)58-27-30-19-15-12-16-20-30)45(56)48(34,60-61(9,10)47(3,4)5)44(55)35(31)41(54)36(33)42(39)57-26-29-17-13-11-14-18-29/h11-20,28,31,34,40,50-51,55H,21-27H2,1-10H3/t31-,34-,40-,48-/m0/s1. The van der Waals surface area contributed by atoms with Crippen molar-refractivity contribution >= 4 is 25.6 Å². The molecule has 1 heterocycles. The molecule has 4 aromatic rings. The van der Waals surface area contributed by atoms with Crippen LogP contribution in [0.15, 0.2) is 76.5 Å². The van der Waals surface area contributed by atoms with Crippen molar-refractivity contribution in [3.63, 3.8) is 0 Å². The molecule has 61 heavy (non-hydrogen) atoms. The fourth-order valence-corrected chi connectivity index (χ4v) is 10.4. The van der Waals surface area contributed by atoms with Gasteiger partial charge < -0.3 is 34.2 Å². The molecule has 3 aromatic carbocycles. The topological polar surface area (TPSA) is 135 Å². The van der Waals surface area contributed by atoms with Crippen LogP contribution < -0.4 is 20.1 Å². The number of hydrogen-bond donors (Lipinski definition) is 3. The van der Waals surface area contributed by atoms with Gasteiger partial charge in [-0.25, -0.2) is 4.39 Å². The lowest BCUT2D eigenvalue weighted by atomic mass is 9.58. The second-order valence-electron chi connectivity index (χ2n) is 18.9. The summed E-state index contributed by atoms with van der Waals surface area (Å²) >= 11 is 0. The number of nitrogens with one attached hydrogen (secondary N) is 2. The highest BCUT2D eigenvalue weighted by Gasteiger charge is 2.67. The van der Waals surface area contributed by atoms with Crippen LogP contribution in [0.1, 0.15) is 95.8 Å². The Kier molecular flexibility index (Phi) is 12.4. The molecule has 0 radical (unpaired) electrons. The number of carbonyl (C=O) groups excluding carboxylic acids is 2. The zero-order valence-corrected chi connectivity index (χ0v) is 38.2. The van der Waals surface area contributed by atoms with E-state index in [0.717, 1.165) is 11.1 Å². The number of benzene rings is 3. The predicted octanol–water partition coefficient (Wildman–Crippen LogP) is 9.25. The molecule has 3 aliphatic carbocycles. The summed E-state index contributed by atoms with van der Waals surface area (Å²) in [5, 5.41) is 23.7. The average molecular weight is 853 g/mol. The highest BCUT2D eigenvalue weighted by atomic mass is 28.4. The largest absolute Gasteiger partial charge is 0.508 e. The first-order valence-electron chi connectivity index (χ1n) is 21.4. The van der Waals surface area contributed by atoms with E-state index in [0.29, 0.717) is 36.5 Å². The molecule has 1 aromatic heterocycles. The summed E-state index contributed by atoms with van der Waals surface area (Å²) in [6.07, 6.45) is 0.657. The average Bonchev–Trinajstić information content (AvgIpc) is 3.63. The van der Waals surface area contributed by atoms with Gasteiger partial charge in [0.2, 0.25) is 5.78 Å². The second-order valence-corrected chi connectivity index (χ2v) is 23.6. The van der Waals surface area contributed by atoms with Crippen LogP contribution in [0.3, 0.4) is 0 Å². The third-order valence-electron chi connectivity index (χ3n) is 13.0. The Morgan fingerprint density at radius 2 is 1.62 bits per heavy atom. The van der Waals surface area contributed by atoms with Gasteiger partial charge in [0.1, 0.15) is 30.4 Å². The lowest BCUT2D eigenvalue weighted by Gasteiger charge is -2.55. The molecular formula is C48H61FN4O7Si. The van der Waals surface area contributed by atoms with Crippen LogP contribution in [0.2, 0.25) is 18.1 Å². The summed E-state index contributed by atoms with van der Waals surface area (Å²) in [7, 11) is 2.62. The van der Waals surface area contributed by atoms with E-state index < -0.39 is 60.0 Å². The third-order valence-corrected chi connectivity index (χ3v) is 17.5. The number of ketones is 2. The number of aromatic nitrogens is 1. The number of fused-ring (bicyclic) bond motifs is 4. The number of halogens is 1. The summed E-state index contributed by atoms with van der Waals surface area (Å²) in [4.78, 5) is 33.2. The van der Waals surface area contributed by atoms with Crippen LogP contribution in [0, 0.1) is 23.6 Å². The van der Waals surface area contributed by atoms with Crippen LogP contribution >= 0.6 is 0 Å². The van der Waals surface area contributed by atoms with E-state index in [4.69, 9.17) is 18.4 Å². The second kappa shape index (κ2) is 17.1. The minimum Gasteiger partial charge on any atom is -0.508 e. The van der Waals surface area contributed by atoms with Crippen molar-refractivity contribution in [2.24, 2.45) is 17.8 Å². The zero-order chi connectivity index (χ0) is 44.0. The molecule has 326 valence electrons. The lowest BCUT2D eigenvalue weighted by molar-refractivity contribution is -0.0481. The van der Waals surface area contributed by atoms with Gasteiger partial charge in [0.25, 0.3) is 5.88 Å². The van der Waals surface area contributed by atoms with Gasteiger partial charge >= 0.3 is 0 Å². The molecule has 0 fully saturated rings. The quantitative estimate of drug-likeness (QED) is 0.0989. The molecule has 7 rings (SSSR count). The Morgan fingerprint density at radius 1 is 1.00 bits per heavy atom. The highest BCUT2D eigenvalue weighted by molar-refractivity contribution is 6.74. The minimum atomic E-state index is -2.96. The highest BCUT2D eigenvalue weighted by Crippen LogP contribution is 2.60. The van der Waals surface area contributed by atoms with E-state index in [-0.39, 0.29) is 65.9 Å². The van der Waals surface area contributed by atoms with E-state index in [1.54, 1.807) is 0 Å². The van der Waals surface area contributed by atoms with Gasteiger partial charge in [0.05, 0.1) is 17.3 Å². The van der Waals surface area contributed by atoms with Gasteiger partial charge in [-0.3, -0.25) is 14.5 Å². The predicted molar refractivity (Wildman–Crippen MR) is 236 cm³/mol. The number of hydrogen-bond acceptors (Lipinski definition) is 11. The Labute approximate surface area is 360 Å². The van der Waals surface area contributed by atoms with Gasteiger partial charge in [-0.15, -0.1) is 0 Å². The van der Waals surface area contributed by atoms with Crippen LogP contribution in [0.25, 0.3) is 0 Å². The Bertz CT molecular complexity index is 2300. The number of Topliss-reactive ketones (excluding diaryl/α,β-unsaturated/α-hetero) is 2. The van der Waals surface area contributed by atoms with E-state index >= 15 is 14.0 Å². The van der Waals surface area contributed by atoms with Crippen molar-refractivity contribution < 1.29 is 37.5 Å². The molecule has 3 aliphatic rings. The maximum absolute atomic E-state index is 17.4. The third kappa shape index (κ3) is 7.94. The molecule has 0 spiro atoms. The fraction of sp³-hybridized carbons (Fsp3) is 0.479. The zero-order valence-electron chi connectivity index (χ0n) is 37.2. The molecule has 11 nitrogen and oxygen atoms in total. The summed E-state index contributed by atoms with van der Waals surface area (Å²) < 4.78 is 43.6. The number of anilines is 1. The van der Waals surface area contributed by atoms with E-state index in [1.807, 2.05) is 99.8 Å². The van der Waals surface area contributed by atoms with Crippen LogP contribution in [-0.2, 0) is 30.5 Å². The number of carbonyl (C=O) groups is 2. The fourth-order valence-electron chi connectivity index (χ4n) is 8.94. The molecule has 0 amide bonds. The van der Waals surface area contributed by atoms with Crippen LogP contribution in [0.4, 0.5) is 10.1 Å². The van der Waals surface area contributed by atoms with Gasteiger partial charge in [0, 0.05) is 29.2 Å². The van der Waals surface area contributed by atoms with Gasteiger partial charge in [0.15, 0.2) is 31.2 Å². The van der Waals surface area contributed by atoms with Crippen molar-refractivity contribution in [1.29, 1.82) is 0 Å². The minimum absolute atomic E-state index is 0.0127. The first-order valence-corrected chi connectivity index (χ1v) is 24.3. The molecular weight excluding hydrogens is 792 g/mol. The number of aliphatic hydroxyl groups excluding tert-OH is 1. The van der Waals surface area contributed by atoms with Crippen LogP contribution in [-0.4, -0.2) is 74.9 Å². The molecule has 0 saturated carbocycles. The molecule has 0 saturated heterocycles.